The first-order valence-corrected chi connectivity index (χ1v) is 2.98. The minimum atomic E-state index is 0.265. The van der Waals surface area contributed by atoms with Gasteiger partial charge < -0.3 is 0 Å². The number of nitriles is 1. The molecule has 5 heteroatoms. The summed E-state index contributed by atoms with van der Waals surface area (Å²) in [6.45, 7) is 1.77. The molecule has 11 heavy (non-hydrogen) atoms. The number of hydrazine groups is 1. The van der Waals surface area contributed by atoms with Crippen molar-refractivity contribution in [2.75, 3.05) is 5.43 Å². The normalized spacial score (nSPS) is 8.82. The van der Waals surface area contributed by atoms with Gasteiger partial charge in [0.25, 0.3) is 0 Å². The fraction of sp³-hybridized carbons (Fsp3) is 0.167. The molecule has 1 rings (SSSR count). The van der Waals surface area contributed by atoms with Crippen molar-refractivity contribution >= 4 is 5.95 Å². The molecule has 56 valence electrons. The van der Waals surface area contributed by atoms with E-state index in [0.717, 1.165) is 0 Å². The molecule has 0 saturated carbocycles. The topological polar surface area (TPSA) is 87.6 Å². The van der Waals surface area contributed by atoms with Crippen LogP contribution in [0.3, 0.4) is 0 Å². The van der Waals surface area contributed by atoms with Gasteiger partial charge in [-0.2, -0.15) is 5.26 Å². The third-order valence-electron chi connectivity index (χ3n) is 1.10. The van der Waals surface area contributed by atoms with Gasteiger partial charge in [-0.05, 0) is 13.0 Å². The van der Waals surface area contributed by atoms with Crippen LogP contribution in [0.25, 0.3) is 0 Å². The van der Waals surface area contributed by atoms with E-state index in [1.165, 1.54) is 0 Å². The number of hydrogen-bond donors (Lipinski definition) is 2. The number of rotatable bonds is 1. The van der Waals surface area contributed by atoms with Gasteiger partial charge in [-0.15, -0.1) is 0 Å². The molecule has 0 aromatic carbocycles. The van der Waals surface area contributed by atoms with E-state index in [-0.39, 0.29) is 5.95 Å². The second kappa shape index (κ2) is 2.94. The highest BCUT2D eigenvalue weighted by molar-refractivity contribution is 5.31. The van der Waals surface area contributed by atoms with Gasteiger partial charge in [-0.3, -0.25) is 5.43 Å². The molecule has 0 fully saturated rings. The highest BCUT2D eigenvalue weighted by atomic mass is 15.3. The van der Waals surface area contributed by atoms with Gasteiger partial charge in [0.1, 0.15) is 11.8 Å². The second-order valence-electron chi connectivity index (χ2n) is 1.97. The van der Waals surface area contributed by atoms with E-state index in [2.05, 4.69) is 15.4 Å². The Labute approximate surface area is 63.9 Å². The van der Waals surface area contributed by atoms with Crippen LogP contribution in [-0.4, -0.2) is 9.97 Å². The predicted molar refractivity (Wildman–Crippen MR) is 39.3 cm³/mol. The summed E-state index contributed by atoms with van der Waals surface area (Å²) in [6, 6.07) is 3.48. The number of anilines is 1. The van der Waals surface area contributed by atoms with Crippen molar-refractivity contribution in [1.82, 2.24) is 9.97 Å². The fourth-order valence-electron chi connectivity index (χ4n) is 0.690. The van der Waals surface area contributed by atoms with Crippen molar-refractivity contribution in [2.24, 2.45) is 5.84 Å². The Balaban J connectivity index is 3.15. The van der Waals surface area contributed by atoms with Gasteiger partial charge in [0, 0.05) is 5.69 Å². The molecular weight excluding hydrogens is 142 g/mol. The Morgan fingerprint density at radius 3 is 2.91 bits per heavy atom. The van der Waals surface area contributed by atoms with E-state index >= 15 is 0 Å². The lowest BCUT2D eigenvalue weighted by Gasteiger charge is -1.98. The molecule has 1 aromatic rings. The lowest BCUT2D eigenvalue weighted by atomic mass is 10.3. The van der Waals surface area contributed by atoms with Gasteiger partial charge in [-0.25, -0.2) is 15.8 Å². The third-order valence-corrected chi connectivity index (χ3v) is 1.10. The Hall–Kier alpha value is -1.67. The molecule has 0 aliphatic carbocycles. The molecule has 0 aliphatic heterocycles. The van der Waals surface area contributed by atoms with Gasteiger partial charge in [0.2, 0.25) is 5.95 Å². The molecular formula is C6H7N5. The summed E-state index contributed by atoms with van der Waals surface area (Å²) in [6.07, 6.45) is 0. The van der Waals surface area contributed by atoms with Crippen LogP contribution in [-0.2, 0) is 0 Å². The van der Waals surface area contributed by atoms with E-state index in [4.69, 9.17) is 11.1 Å². The largest absolute Gasteiger partial charge is 0.292 e. The first-order chi connectivity index (χ1) is 5.26. The van der Waals surface area contributed by atoms with Gasteiger partial charge in [-0.1, -0.05) is 0 Å². The lowest BCUT2D eigenvalue weighted by Crippen LogP contribution is -2.11. The maximum atomic E-state index is 8.47. The van der Waals surface area contributed by atoms with Crippen molar-refractivity contribution in [1.29, 1.82) is 5.26 Å². The first-order valence-electron chi connectivity index (χ1n) is 2.98. The summed E-state index contributed by atoms with van der Waals surface area (Å²) >= 11 is 0. The summed E-state index contributed by atoms with van der Waals surface area (Å²) in [5.41, 5.74) is 3.29. The number of nitrogens with zero attached hydrogens (tertiary/aromatic N) is 3. The average Bonchev–Trinajstić information content (AvgIpc) is 2.03. The molecule has 0 spiro atoms. The van der Waals surface area contributed by atoms with Crippen molar-refractivity contribution in [2.45, 2.75) is 6.92 Å². The molecule has 0 amide bonds. The van der Waals surface area contributed by atoms with E-state index in [1.807, 2.05) is 6.07 Å². The van der Waals surface area contributed by atoms with Crippen LogP contribution in [0.1, 0.15) is 11.4 Å². The summed E-state index contributed by atoms with van der Waals surface area (Å²) in [4.78, 5) is 7.66. The molecule has 0 radical (unpaired) electrons. The Kier molecular flexibility index (Phi) is 1.99. The third kappa shape index (κ3) is 1.63. The summed E-state index contributed by atoms with van der Waals surface area (Å²) in [5, 5.41) is 8.47. The highest BCUT2D eigenvalue weighted by Gasteiger charge is 1.97. The van der Waals surface area contributed by atoms with Crippen LogP contribution in [0.5, 0.6) is 0 Å². The van der Waals surface area contributed by atoms with E-state index in [0.29, 0.717) is 11.4 Å². The van der Waals surface area contributed by atoms with Gasteiger partial charge in [0.05, 0.1) is 0 Å². The van der Waals surface area contributed by atoms with Crippen LogP contribution < -0.4 is 11.3 Å². The van der Waals surface area contributed by atoms with Gasteiger partial charge in [0.15, 0.2) is 0 Å². The van der Waals surface area contributed by atoms with E-state index < -0.39 is 0 Å². The van der Waals surface area contributed by atoms with Gasteiger partial charge >= 0.3 is 0 Å². The Morgan fingerprint density at radius 2 is 2.36 bits per heavy atom. The number of nitrogens with two attached hydrogens (primary N) is 1. The molecule has 0 unspecified atom stereocenters. The van der Waals surface area contributed by atoms with Crippen LogP contribution in [0.4, 0.5) is 5.95 Å². The predicted octanol–water partition coefficient (Wildman–Crippen LogP) is -0.0577. The zero-order chi connectivity index (χ0) is 8.27. The van der Waals surface area contributed by atoms with Crippen molar-refractivity contribution in [3.8, 4) is 6.07 Å². The van der Waals surface area contributed by atoms with Crippen LogP contribution in [0.15, 0.2) is 6.07 Å². The van der Waals surface area contributed by atoms with Crippen LogP contribution in [0.2, 0.25) is 0 Å². The quantitative estimate of drug-likeness (QED) is 0.431. The smallest absolute Gasteiger partial charge is 0.238 e. The van der Waals surface area contributed by atoms with Crippen molar-refractivity contribution in [3.63, 3.8) is 0 Å². The lowest BCUT2D eigenvalue weighted by molar-refractivity contribution is 1.06. The molecule has 1 heterocycles. The number of aryl methyl sites for hydroxylation is 1. The molecule has 0 saturated heterocycles. The number of hydrogen-bond acceptors (Lipinski definition) is 5. The van der Waals surface area contributed by atoms with Crippen molar-refractivity contribution < 1.29 is 0 Å². The standard InChI is InChI=1S/C6H7N5/c1-4-2-5(3-7)10-6(9-4)11-8/h2H,8H2,1H3,(H,9,10,11). The molecule has 0 aliphatic rings. The maximum Gasteiger partial charge on any atom is 0.238 e. The number of nitrogen functional groups attached to an aromatic ring is 1. The minimum Gasteiger partial charge on any atom is -0.292 e. The summed E-state index contributed by atoms with van der Waals surface area (Å²) in [5.74, 6) is 5.32. The summed E-state index contributed by atoms with van der Waals surface area (Å²) < 4.78 is 0. The Morgan fingerprint density at radius 1 is 1.64 bits per heavy atom. The SMILES string of the molecule is Cc1cc(C#N)nc(NN)n1. The molecule has 0 atom stereocenters. The zero-order valence-electron chi connectivity index (χ0n) is 6.00. The maximum absolute atomic E-state index is 8.47. The average molecular weight is 149 g/mol. The number of nitrogens with one attached hydrogen (secondary N) is 1. The summed E-state index contributed by atoms with van der Waals surface area (Å²) in [7, 11) is 0. The molecule has 0 bridgehead atoms. The monoisotopic (exact) mass is 149 g/mol. The fourth-order valence-corrected chi connectivity index (χ4v) is 0.690. The van der Waals surface area contributed by atoms with Crippen LogP contribution in [0, 0.1) is 18.3 Å². The van der Waals surface area contributed by atoms with Crippen molar-refractivity contribution in [3.05, 3.63) is 17.5 Å². The first kappa shape index (κ1) is 7.44. The number of aromatic nitrogens is 2. The highest BCUT2D eigenvalue weighted by Crippen LogP contribution is 2.01. The second-order valence-corrected chi connectivity index (χ2v) is 1.97. The van der Waals surface area contributed by atoms with E-state index in [1.54, 1.807) is 13.0 Å². The van der Waals surface area contributed by atoms with Crippen LogP contribution >= 0.6 is 0 Å². The Bertz CT molecular complexity index is 300. The van der Waals surface area contributed by atoms with E-state index in [9.17, 15) is 0 Å². The minimum absolute atomic E-state index is 0.265. The molecule has 3 N–H and O–H groups in total. The molecule has 5 nitrogen and oxygen atoms in total. The zero-order valence-corrected chi connectivity index (χ0v) is 6.00. The molecule has 1 aromatic heterocycles.